The van der Waals surface area contributed by atoms with E-state index in [9.17, 15) is 14.0 Å². The first-order chi connectivity index (χ1) is 13.0. The summed E-state index contributed by atoms with van der Waals surface area (Å²) in [4.78, 5) is 33.6. The first kappa shape index (κ1) is 17.5. The summed E-state index contributed by atoms with van der Waals surface area (Å²) in [6.07, 6.45) is 2.17. The fourth-order valence-corrected chi connectivity index (χ4v) is 3.78. The minimum absolute atomic E-state index is 0.171. The van der Waals surface area contributed by atoms with Gasteiger partial charge in [0, 0.05) is 25.7 Å². The lowest BCUT2D eigenvalue weighted by atomic mass is 10.0. The molecule has 1 fully saturated rings. The molecule has 4 rings (SSSR count). The standard InChI is InChI=1S/C19H22FN5O2/c1-12-6-5-9-24(10-12)18-21-16-15(17(26)22-19(27)23(16)2)25(18)11-13-7-3-4-8-14(13)20/h3-4,7-8,12H,5-6,9-11H2,1-2H3,(H,22,26,27)/t12-/m1/s1. The summed E-state index contributed by atoms with van der Waals surface area (Å²) < 4.78 is 17.3. The number of nitrogens with one attached hydrogen (secondary N) is 1. The van der Waals surface area contributed by atoms with Crippen LogP contribution in [0.3, 0.4) is 0 Å². The van der Waals surface area contributed by atoms with Gasteiger partial charge in [0.25, 0.3) is 5.56 Å². The van der Waals surface area contributed by atoms with Crippen molar-refractivity contribution < 1.29 is 4.39 Å². The summed E-state index contributed by atoms with van der Waals surface area (Å²) in [5.74, 6) is 0.771. The molecular weight excluding hydrogens is 349 g/mol. The zero-order valence-electron chi connectivity index (χ0n) is 15.4. The van der Waals surface area contributed by atoms with Crippen molar-refractivity contribution in [3.05, 3.63) is 56.5 Å². The molecule has 1 saturated heterocycles. The van der Waals surface area contributed by atoms with Crippen molar-refractivity contribution in [3.63, 3.8) is 0 Å². The Balaban J connectivity index is 1.94. The number of nitrogens with zero attached hydrogens (tertiary/aromatic N) is 4. The van der Waals surface area contributed by atoms with Gasteiger partial charge in [-0.1, -0.05) is 25.1 Å². The van der Waals surface area contributed by atoms with Crippen LogP contribution in [0.2, 0.25) is 0 Å². The first-order valence-electron chi connectivity index (χ1n) is 9.13. The van der Waals surface area contributed by atoms with Crippen LogP contribution >= 0.6 is 0 Å². The van der Waals surface area contributed by atoms with Gasteiger partial charge in [0.2, 0.25) is 5.95 Å². The van der Waals surface area contributed by atoms with Crippen LogP contribution in [0.5, 0.6) is 0 Å². The van der Waals surface area contributed by atoms with E-state index < -0.39 is 11.2 Å². The second kappa shape index (κ2) is 6.68. The Labute approximate surface area is 155 Å². The molecule has 27 heavy (non-hydrogen) atoms. The number of H-pyrrole nitrogens is 1. The third kappa shape index (κ3) is 3.05. The number of aromatic amines is 1. The lowest BCUT2D eigenvalue weighted by molar-refractivity contribution is 0.439. The summed E-state index contributed by atoms with van der Waals surface area (Å²) in [7, 11) is 1.57. The van der Waals surface area contributed by atoms with Gasteiger partial charge in [-0.15, -0.1) is 0 Å². The highest BCUT2D eigenvalue weighted by Crippen LogP contribution is 2.26. The third-order valence-corrected chi connectivity index (χ3v) is 5.21. The lowest BCUT2D eigenvalue weighted by Gasteiger charge is -2.32. The van der Waals surface area contributed by atoms with Crippen molar-refractivity contribution >= 4 is 17.1 Å². The molecule has 3 aromatic rings. The number of halogens is 1. The summed E-state index contributed by atoms with van der Waals surface area (Å²) in [5.41, 5.74) is 0.0492. The molecule has 1 N–H and O–H groups in total. The van der Waals surface area contributed by atoms with Crippen LogP contribution in [-0.4, -0.2) is 32.2 Å². The number of rotatable bonds is 3. The van der Waals surface area contributed by atoms with Crippen LogP contribution in [0.25, 0.3) is 11.2 Å². The molecule has 1 aliphatic rings. The van der Waals surface area contributed by atoms with Crippen LogP contribution in [-0.2, 0) is 13.6 Å². The van der Waals surface area contributed by atoms with E-state index in [4.69, 9.17) is 0 Å². The number of aromatic nitrogens is 4. The van der Waals surface area contributed by atoms with E-state index >= 15 is 0 Å². The first-order valence-corrected chi connectivity index (χ1v) is 9.13. The summed E-state index contributed by atoms with van der Waals surface area (Å²) >= 11 is 0. The normalized spacial score (nSPS) is 17.6. The summed E-state index contributed by atoms with van der Waals surface area (Å²) in [6.45, 7) is 3.98. The minimum Gasteiger partial charge on any atom is -0.342 e. The Bertz CT molecular complexity index is 1110. The minimum atomic E-state index is -0.512. The molecule has 2 aromatic heterocycles. The molecule has 0 aliphatic carbocycles. The van der Waals surface area contributed by atoms with Gasteiger partial charge in [0.15, 0.2) is 11.2 Å². The van der Waals surface area contributed by atoms with E-state index in [1.54, 1.807) is 29.8 Å². The second-order valence-corrected chi connectivity index (χ2v) is 7.27. The number of imidazole rings is 1. The molecule has 142 valence electrons. The highest BCUT2D eigenvalue weighted by molar-refractivity contribution is 5.74. The second-order valence-electron chi connectivity index (χ2n) is 7.27. The Morgan fingerprint density at radius 1 is 1.30 bits per heavy atom. The average Bonchev–Trinajstić information content (AvgIpc) is 3.02. The van der Waals surface area contributed by atoms with Crippen molar-refractivity contribution in [1.82, 2.24) is 19.1 Å². The Morgan fingerprint density at radius 3 is 2.81 bits per heavy atom. The van der Waals surface area contributed by atoms with Gasteiger partial charge >= 0.3 is 5.69 Å². The molecule has 1 aromatic carbocycles. The average molecular weight is 371 g/mol. The smallest absolute Gasteiger partial charge is 0.329 e. The van der Waals surface area contributed by atoms with Crippen molar-refractivity contribution in [2.45, 2.75) is 26.3 Å². The summed E-state index contributed by atoms with van der Waals surface area (Å²) in [5, 5.41) is 0. The van der Waals surface area contributed by atoms with Crippen LogP contribution in [0.1, 0.15) is 25.3 Å². The molecule has 0 unspecified atom stereocenters. The molecule has 0 saturated carbocycles. The summed E-state index contributed by atoms with van der Waals surface area (Å²) in [6, 6.07) is 6.49. The highest BCUT2D eigenvalue weighted by atomic mass is 19.1. The molecule has 0 radical (unpaired) electrons. The number of hydrogen-bond donors (Lipinski definition) is 1. The Hall–Kier alpha value is -2.90. The number of benzene rings is 1. The quantitative estimate of drug-likeness (QED) is 0.762. The van der Waals surface area contributed by atoms with Crippen LogP contribution in [0.4, 0.5) is 10.3 Å². The fourth-order valence-electron chi connectivity index (χ4n) is 3.78. The SMILES string of the molecule is C[C@@H]1CCCN(c2nc3c(c(=O)[nH]c(=O)n3C)n2Cc2ccccc2F)C1. The third-order valence-electron chi connectivity index (χ3n) is 5.21. The van der Waals surface area contributed by atoms with Crippen molar-refractivity contribution in [2.75, 3.05) is 18.0 Å². The van der Waals surface area contributed by atoms with E-state index in [0.717, 1.165) is 25.9 Å². The number of piperidine rings is 1. The Kier molecular flexibility index (Phi) is 4.33. The molecule has 0 bridgehead atoms. The monoisotopic (exact) mass is 371 g/mol. The number of hydrogen-bond acceptors (Lipinski definition) is 4. The van der Waals surface area contributed by atoms with Crippen molar-refractivity contribution in [1.29, 1.82) is 0 Å². The van der Waals surface area contributed by atoms with Gasteiger partial charge in [0.1, 0.15) is 5.82 Å². The van der Waals surface area contributed by atoms with Gasteiger partial charge in [-0.3, -0.25) is 18.9 Å². The van der Waals surface area contributed by atoms with E-state index in [0.29, 0.717) is 23.1 Å². The van der Waals surface area contributed by atoms with Crippen LogP contribution < -0.4 is 16.1 Å². The van der Waals surface area contributed by atoms with Gasteiger partial charge in [-0.25, -0.2) is 9.18 Å². The maximum absolute atomic E-state index is 14.3. The molecule has 1 atom stereocenters. The van der Waals surface area contributed by atoms with Gasteiger partial charge in [0.05, 0.1) is 6.54 Å². The maximum atomic E-state index is 14.3. The molecule has 0 spiro atoms. The number of aryl methyl sites for hydroxylation is 1. The predicted molar refractivity (Wildman–Crippen MR) is 102 cm³/mol. The maximum Gasteiger partial charge on any atom is 0.329 e. The zero-order valence-corrected chi connectivity index (χ0v) is 15.4. The lowest BCUT2D eigenvalue weighted by Crippen LogP contribution is -2.36. The highest BCUT2D eigenvalue weighted by Gasteiger charge is 2.25. The van der Waals surface area contributed by atoms with Gasteiger partial charge in [-0.2, -0.15) is 4.98 Å². The fraction of sp³-hybridized carbons (Fsp3) is 0.421. The molecule has 8 heteroatoms. The largest absolute Gasteiger partial charge is 0.342 e. The van der Waals surface area contributed by atoms with Crippen LogP contribution in [0, 0.1) is 11.7 Å². The van der Waals surface area contributed by atoms with E-state index in [1.807, 2.05) is 0 Å². The topological polar surface area (TPSA) is 75.9 Å². The van der Waals surface area contributed by atoms with Crippen LogP contribution in [0.15, 0.2) is 33.9 Å². The van der Waals surface area contributed by atoms with E-state index in [-0.39, 0.29) is 17.9 Å². The van der Waals surface area contributed by atoms with Gasteiger partial charge in [-0.05, 0) is 24.8 Å². The van der Waals surface area contributed by atoms with Crippen molar-refractivity contribution in [2.24, 2.45) is 13.0 Å². The molecule has 0 amide bonds. The molecule has 1 aliphatic heterocycles. The predicted octanol–water partition coefficient (Wildman–Crippen LogP) is 1.85. The zero-order chi connectivity index (χ0) is 19.1. The molecule has 3 heterocycles. The van der Waals surface area contributed by atoms with Gasteiger partial charge < -0.3 is 4.90 Å². The molecular formula is C19H22FN5O2. The van der Waals surface area contributed by atoms with E-state index in [2.05, 4.69) is 21.8 Å². The number of fused-ring (bicyclic) bond motifs is 1. The van der Waals surface area contributed by atoms with Crippen molar-refractivity contribution in [3.8, 4) is 0 Å². The molecule has 7 nitrogen and oxygen atoms in total. The number of anilines is 1. The van der Waals surface area contributed by atoms with E-state index in [1.165, 1.54) is 10.6 Å². The Morgan fingerprint density at radius 2 is 2.07 bits per heavy atom.